The van der Waals surface area contributed by atoms with E-state index in [-0.39, 0.29) is 5.92 Å². The summed E-state index contributed by atoms with van der Waals surface area (Å²) in [7, 11) is 0. The van der Waals surface area contributed by atoms with Gasteiger partial charge >= 0.3 is 5.97 Å². The summed E-state index contributed by atoms with van der Waals surface area (Å²) in [6, 6.07) is 0. The van der Waals surface area contributed by atoms with Crippen molar-refractivity contribution in [2.45, 2.75) is 143 Å². The molecule has 29 heavy (non-hydrogen) atoms. The van der Waals surface area contributed by atoms with Crippen LogP contribution in [-0.2, 0) is 9.53 Å². The first kappa shape index (κ1) is 28.2. The van der Waals surface area contributed by atoms with Crippen molar-refractivity contribution in [2.75, 3.05) is 0 Å². The van der Waals surface area contributed by atoms with E-state index in [4.69, 9.17) is 10.5 Å². The van der Waals surface area contributed by atoms with Crippen molar-refractivity contribution in [3.05, 3.63) is 12.2 Å². The first-order valence-corrected chi connectivity index (χ1v) is 12.5. The van der Waals surface area contributed by atoms with Crippen LogP contribution in [0.3, 0.4) is 0 Å². The molecule has 2 N–H and O–H groups in total. The van der Waals surface area contributed by atoms with Gasteiger partial charge in [0.2, 0.25) is 0 Å². The smallest absolute Gasteiger partial charge is 0.334 e. The molecule has 0 amide bonds. The van der Waals surface area contributed by atoms with Crippen molar-refractivity contribution < 1.29 is 9.53 Å². The summed E-state index contributed by atoms with van der Waals surface area (Å²) in [5, 5.41) is 0. The van der Waals surface area contributed by atoms with Gasteiger partial charge in [0.25, 0.3) is 0 Å². The molecule has 3 nitrogen and oxygen atoms in total. The van der Waals surface area contributed by atoms with Crippen LogP contribution >= 0.6 is 0 Å². The average molecular weight is 410 g/mol. The number of carbonyl (C=O) groups is 1. The minimum Gasteiger partial charge on any atom is -0.441 e. The van der Waals surface area contributed by atoms with Gasteiger partial charge in [0.1, 0.15) is 0 Å². The lowest BCUT2D eigenvalue weighted by atomic mass is 9.93. The third-order valence-corrected chi connectivity index (χ3v) is 6.13. The fourth-order valence-electron chi connectivity index (χ4n) is 3.67. The van der Waals surface area contributed by atoms with E-state index in [1.807, 2.05) is 0 Å². The van der Waals surface area contributed by atoms with Crippen LogP contribution in [0.1, 0.15) is 137 Å². The van der Waals surface area contributed by atoms with Gasteiger partial charge in [0.15, 0.2) is 5.72 Å². The molecule has 0 aromatic heterocycles. The quantitative estimate of drug-likeness (QED) is 0.0957. The van der Waals surface area contributed by atoms with Crippen molar-refractivity contribution in [1.82, 2.24) is 0 Å². The third kappa shape index (κ3) is 16.6. The molecule has 0 aromatic rings. The van der Waals surface area contributed by atoms with Crippen molar-refractivity contribution >= 4 is 5.97 Å². The Morgan fingerprint density at radius 3 is 1.52 bits per heavy atom. The number of hydrogen-bond donors (Lipinski definition) is 1. The fourth-order valence-corrected chi connectivity index (χ4v) is 3.67. The minimum absolute atomic E-state index is 0.150. The largest absolute Gasteiger partial charge is 0.441 e. The highest BCUT2D eigenvalue weighted by atomic mass is 16.6. The maximum absolute atomic E-state index is 11.7. The maximum atomic E-state index is 11.7. The lowest BCUT2D eigenvalue weighted by molar-refractivity contribution is -0.158. The molecule has 0 spiro atoms. The van der Waals surface area contributed by atoms with Gasteiger partial charge in [0, 0.05) is 11.5 Å². The lowest BCUT2D eigenvalue weighted by Crippen LogP contribution is -2.47. The van der Waals surface area contributed by atoms with E-state index in [2.05, 4.69) is 20.4 Å². The highest BCUT2D eigenvalue weighted by molar-refractivity contribution is 5.87. The summed E-state index contributed by atoms with van der Waals surface area (Å²) in [4.78, 5) is 11.7. The number of ether oxygens (including phenoxy) is 1. The van der Waals surface area contributed by atoms with Gasteiger partial charge < -0.3 is 4.74 Å². The zero-order valence-electron chi connectivity index (χ0n) is 20.2. The van der Waals surface area contributed by atoms with Crippen LogP contribution in [-0.4, -0.2) is 11.7 Å². The van der Waals surface area contributed by atoms with E-state index in [0.29, 0.717) is 5.57 Å². The lowest BCUT2D eigenvalue weighted by Gasteiger charge is -2.31. The second kappa shape index (κ2) is 18.0. The monoisotopic (exact) mass is 409 g/mol. The Hall–Kier alpha value is -0.830. The summed E-state index contributed by atoms with van der Waals surface area (Å²) in [6.45, 7) is 11.4. The molecule has 0 rings (SSSR count). The molecule has 2 atom stereocenters. The molecular formula is C26H51NO2. The highest BCUT2D eigenvalue weighted by Crippen LogP contribution is 2.23. The second-order valence-electron chi connectivity index (χ2n) is 9.35. The van der Waals surface area contributed by atoms with Crippen LogP contribution in [0.15, 0.2) is 12.2 Å². The summed E-state index contributed by atoms with van der Waals surface area (Å²) in [5.74, 6) is -0.244. The van der Waals surface area contributed by atoms with Crippen LogP contribution in [0.2, 0.25) is 0 Å². The Bertz CT molecular complexity index is 417. The molecule has 172 valence electrons. The molecule has 0 radical (unpaired) electrons. The minimum atomic E-state index is -0.911. The predicted molar refractivity (Wildman–Crippen MR) is 127 cm³/mol. The standard InChI is InChI=1S/C26H51NO2/c1-6-7-8-9-10-11-12-13-14-15-16-17-18-19-20-21-22-24(4)26(5,27)29-25(28)23(2)3/h24H,2,6-22,27H2,1,3-5H3. The summed E-state index contributed by atoms with van der Waals surface area (Å²) >= 11 is 0. The van der Waals surface area contributed by atoms with Gasteiger partial charge in [-0.1, -0.05) is 123 Å². The molecular weight excluding hydrogens is 358 g/mol. The first-order valence-electron chi connectivity index (χ1n) is 12.5. The van der Waals surface area contributed by atoms with Gasteiger partial charge in [-0.3, -0.25) is 5.73 Å². The van der Waals surface area contributed by atoms with E-state index < -0.39 is 11.7 Å². The van der Waals surface area contributed by atoms with Gasteiger partial charge in [-0.25, -0.2) is 4.79 Å². The van der Waals surface area contributed by atoms with Crippen molar-refractivity contribution in [2.24, 2.45) is 11.7 Å². The van der Waals surface area contributed by atoms with Gasteiger partial charge in [0.05, 0.1) is 0 Å². The van der Waals surface area contributed by atoms with E-state index in [1.54, 1.807) is 13.8 Å². The molecule has 0 bridgehead atoms. The van der Waals surface area contributed by atoms with Gasteiger partial charge in [-0.15, -0.1) is 0 Å². The molecule has 0 aliphatic rings. The van der Waals surface area contributed by atoms with E-state index in [1.165, 1.54) is 96.3 Å². The number of esters is 1. The molecule has 0 saturated heterocycles. The van der Waals surface area contributed by atoms with E-state index in [0.717, 1.165) is 12.8 Å². The summed E-state index contributed by atoms with van der Waals surface area (Å²) < 4.78 is 5.38. The molecule has 2 unspecified atom stereocenters. The summed E-state index contributed by atoms with van der Waals surface area (Å²) in [6.07, 6.45) is 23.0. The SMILES string of the molecule is C=C(C)C(=O)OC(C)(N)C(C)CCCCCCCCCCCCCCCCCC. The van der Waals surface area contributed by atoms with Crippen LogP contribution < -0.4 is 5.73 Å². The van der Waals surface area contributed by atoms with Crippen LogP contribution in [0, 0.1) is 5.92 Å². The normalized spacial score (nSPS) is 14.4. The third-order valence-electron chi connectivity index (χ3n) is 6.13. The number of unbranched alkanes of at least 4 members (excludes halogenated alkanes) is 15. The second-order valence-corrected chi connectivity index (χ2v) is 9.35. The number of carbonyl (C=O) groups excluding carboxylic acids is 1. The molecule has 0 aliphatic carbocycles. The molecule has 0 aromatic carbocycles. The molecule has 0 fully saturated rings. The van der Waals surface area contributed by atoms with Crippen LogP contribution in [0.25, 0.3) is 0 Å². The molecule has 0 aliphatic heterocycles. The Morgan fingerprint density at radius 1 is 0.828 bits per heavy atom. The van der Waals surface area contributed by atoms with Crippen molar-refractivity contribution in [3.8, 4) is 0 Å². The van der Waals surface area contributed by atoms with E-state index >= 15 is 0 Å². The van der Waals surface area contributed by atoms with Gasteiger partial charge in [-0.2, -0.15) is 0 Å². The first-order chi connectivity index (χ1) is 13.8. The van der Waals surface area contributed by atoms with Crippen LogP contribution in [0.4, 0.5) is 0 Å². The van der Waals surface area contributed by atoms with Crippen LogP contribution in [0.5, 0.6) is 0 Å². The van der Waals surface area contributed by atoms with E-state index in [9.17, 15) is 4.79 Å². The molecule has 0 saturated carbocycles. The van der Waals surface area contributed by atoms with Crippen molar-refractivity contribution in [3.63, 3.8) is 0 Å². The Morgan fingerprint density at radius 2 is 1.17 bits per heavy atom. The molecule has 3 heteroatoms. The average Bonchev–Trinajstić information content (AvgIpc) is 2.67. The highest BCUT2D eigenvalue weighted by Gasteiger charge is 2.30. The van der Waals surface area contributed by atoms with Gasteiger partial charge in [-0.05, 0) is 20.3 Å². The predicted octanol–water partition coefficient (Wildman–Crippen LogP) is 8.07. The van der Waals surface area contributed by atoms with Crippen molar-refractivity contribution in [1.29, 1.82) is 0 Å². The number of rotatable bonds is 20. The maximum Gasteiger partial charge on any atom is 0.334 e. The summed E-state index contributed by atoms with van der Waals surface area (Å²) in [5.41, 5.74) is 5.67. The zero-order valence-corrected chi connectivity index (χ0v) is 20.2. The Labute approximate surface area is 182 Å². The number of nitrogens with two attached hydrogens (primary N) is 1. The zero-order chi connectivity index (χ0) is 22.0. The fraction of sp³-hybridized carbons (Fsp3) is 0.885. The Balaban J connectivity index is 3.44. The number of hydrogen-bond acceptors (Lipinski definition) is 3. The molecule has 0 heterocycles. The topological polar surface area (TPSA) is 52.3 Å². The Kier molecular flexibility index (Phi) is 17.5.